The first-order valence-electron chi connectivity index (χ1n) is 4.93. The Morgan fingerprint density at radius 3 is 3.12 bits per heavy atom. The van der Waals surface area contributed by atoms with Crippen molar-refractivity contribution in [1.82, 2.24) is 19.9 Å². The third kappa shape index (κ3) is 1.94. The van der Waals surface area contributed by atoms with Gasteiger partial charge in [0.1, 0.15) is 0 Å². The van der Waals surface area contributed by atoms with Crippen LogP contribution in [0.5, 0.6) is 0 Å². The van der Waals surface area contributed by atoms with Gasteiger partial charge in [-0.1, -0.05) is 11.2 Å². The number of thiophene rings is 1. The Morgan fingerprint density at radius 1 is 1.47 bits per heavy atom. The molecule has 0 fully saturated rings. The summed E-state index contributed by atoms with van der Waals surface area (Å²) >= 11 is 6.83. The normalized spacial score (nSPS) is 10.8. The van der Waals surface area contributed by atoms with Gasteiger partial charge in [-0.15, -0.1) is 11.3 Å². The van der Waals surface area contributed by atoms with E-state index in [1.54, 1.807) is 17.5 Å². The van der Waals surface area contributed by atoms with Crippen LogP contribution in [0, 0.1) is 4.77 Å². The second-order valence-corrected chi connectivity index (χ2v) is 4.73. The summed E-state index contributed by atoms with van der Waals surface area (Å²) in [6.45, 7) is 0.530. The van der Waals surface area contributed by atoms with E-state index < -0.39 is 0 Å². The molecular weight excluding hydrogens is 256 g/mol. The molecule has 0 unspecified atom stereocenters. The number of nitrogens with zero attached hydrogens (tertiary/aromatic N) is 3. The predicted octanol–water partition coefficient (Wildman–Crippen LogP) is 2.71. The van der Waals surface area contributed by atoms with Gasteiger partial charge in [-0.05, 0) is 23.7 Å². The van der Waals surface area contributed by atoms with Gasteiger partial charge >= 0.3 is 0 Å². The van der Waals surface area contributed by atoms with Crippen LogP contribution in [0.4, 0.5) is 0 Å². The lowest BCUT2D eigenvalue weighted by atomic mass is 10.4. The lowest BCUT2D eigenvalue weighted by Crippen LogP contribution is -2.00. The lowest BCUT2D eigenvalue weighted by Gasteiger charge is -2.01. The van der Waals surface area contributed by atoms with E-state index in [1.807, 2.05) is 28.1 Å². The Labute approximate surface area is 106 Å². The summed E-state index contributed by atoms with van der Waals surface area (Å²) in [4.78, 5) is 1.07. The van der Waals surface area contributed by atoms with Crippen LogP contribution in [-0.4, -0.2) is 19.9 Å². The van der Waals surface area contributed by atoms with Gasteiger partial charge in [0.05, 0.1) is 17.6 Å². The molecule has 17 heavy (non-hydrogen) atoms. The molecule has 1 N–H and O–H groups in total. The topological polar surface area (TPSA) is 59.6 Å². The van der Waals surface area contributed by atoms with Gasteiger partial charge in [-0.2, -0.15) is 5.10 Å². The second-order valence-electron chi connectivity index (χ2n) is 3.39. The number of aromatic nitrogens is 4. The molecule has 3 aromatic heterocycles. The fourth-order valence-electron chi connectivity index (χ4n) is 1.54. The molecule has 86 valence electrons. The molecule has 0 aromatic carbocycles. The molecule has 0 spiro atoms. The Hall–Kier alpha value is -1.73. The fraction of sp³-hybridized carbons (Fsp3) is 0.100. The van der Waals surface area contributed by atoms with Gasteiger partial charge in [-0.3, -0.25) is 9.67 Å². The van der Waals surface area contributed by atoms with E-state index in [2.05, 4.69) is 15.4 Å². The maximum Gasteiger partial charge on any atom is 0.195 e. The zero-order valence-corrected chi connectivity index (χ0v) is 10.3. The lowest BCUT2D eigenvalue weighted by molar-refractivity contribution is 0.376. The summed E-state index contributed by atoms with van der Waals surface area (Å²) in [7, 11) is 0. The summed E-state index contributed by atoms with van der Waals surface area (Å²) in [5, 5.41) is 12.7. The first kappa shape index (κ1) is 10.4. The number of H-pyrrole nitrogens is 1. The van der Waals surface area contributed by atoms with Crippen LogP contribution in [0.2, 0.25) is 0 Å². The van der Waals surface area contributed by atoms with Crippen LogP contribution in [0.15, 0.2) is 34.3 Å². The maximum absolute atomic E-state index is 5.21. The van der Waals surface area contributed by atoms with Crippen molar-refractivity contribution in [3.8, 4) is 10.7 Å². The summed E-state index contributed by atoms with van der Waals surface area (Å²) in [5.74, 6) is 1.57. The van der Waals surface area contributed by atoms with E-state index in [1.165, 1.54) is 0 Å². The average molecular weight is 264 g/mol. The molecule has 7 heteroatoms. The van der Waals surface area contributed by atoms with Crippen LogP contribution in [0.25, 0.3) is 10.7 Å². The zero-order chi connectivity index (χ0) is 11.7. The highest BCUT2D eigenvalue weighted by molar-refractivity contribution is 7.71. The standard InChI is InChI=1S/C10H8N4OS2/c16-10-13-12-9(8-2-1-5-17-8)14(10)6-7-3-4-11-15-7/h1-5H,6H2,(H,13,16). The second kappa shape index (κ2) is 4.27. The van der Waals surface area contributed by atoms with E-state index in [-0.39, 0.29) is 0 Å². The van der Waals surface area contributed by atoms with E-state index >= 15 is 0 Å². The molecule has 3 rings (SSSR count). The highest BCUT2D eigenvalue weighted by Crippen LogP contribution is 2.23. The first-order chi connectivity index (χ1) is 8.34. The number of hydrogen-bond donors (Lipinski definition) is 1. The molecule has 0 bridgehead atoms. The minimum atomic E-state index is 0.530. The van der Waals surface area contributed by atoms with Crippen molar-refractivity contribution < 1.29 is 4.52 Å². The van der Waals surface area contributed by atoms with E-state index in [9.17, 15) is 0 Å². The van der Waals surface area contributed by atoms with Gasteiger partial charge in [0.25, 0.3) is 0 Å². The first-order valence-corrected chi connectivity index (χ1v) is 6.22. The molecule has 0 saturated carbocycles. The van der Waals surface area contributed by atoms with Gasteiger partial charge < -0.3 is 4.52 Å². The number of aromatic amines is 1. The molecule has 0 aliphatic carbocycles. The minimum Gasteiger partial charge on any atom is -0.359 e. The van der Waals surface area contributed by atoms with Gasteiger partial charge in [0.2, 0.25) is 0 Å². The molecule has 0 saturated heterocycles. The van der Waals surface area contributed by atoms with Crippen molar-refractivity contribution in [2.45, 2.75) is 6.54 Å². The fourth-order valence-corrected chi connectivity index (χ4v) is 2.46. The van der Waals surface area contributed by atoms with E-state index in [0.717, 1.165) is 16.5 Å². The van der Waals surface area contributed by atoms with E-state index in [0.29, 0.717) is 11.3 Å². The molecular formula is C10H8N4OS2. The smallest absolute Gasteiger partial charge is 0.195 e. The van der Waals surface area contributed by atoms with Crippen LogP contribution in [0.3, 0.4) is 0 Å². The maximum atomic E-state index is 5.21. The Morgan fingerprint density at radius 2 is 2.41 bits per heavy atom. The van der Waals surface area contributed by atoms with Crippen LogP contribution in [-0.2, 0) is 6.54 Å². The van der Waals surface area contributed by atoms with Crippen molar-refractivity contribution in [3.63, 3.8) is 0 Å². The highest BCUT2D eigenvalue weighted by atomic mass is 32.1. The van der Waals surface area contributed by atoms with Gasteiger partial charge in [0, 0.05) is 6.07 Å². The molecule has 0 aliphatic heterocycles. The zero-order valence-electron chi connectivity index (χ0n) is 8.66. The van der Waals surface area contributed by atoms with Crippen LogP contribution in [0.1, 0.15) is 5.76 Å². The van der Waals surface area contributed by atoms with Crippen molar-refractivity contribution >= 4 is 23.6 Å². The Balaban J connectivity index is 2.04. The predicted molar refractivity (Wildman–Crippen MR) is 66.3 cm³/mol. The van der Waals surface area contributed by atoms with Crippen molar-refractivity contribution in [2.75, 3.05) is 0 Å². The summed E-state index contributed by atoms with van der Waals surface area (Å²) < 4.78 is 7.54. The van der Waals surface area contributed by atoms with E-state index in [4.69, 9.17) is 16.7 Å². The quantitative estimate of drug-likeness (QED) is 0.739. The molecule has 0 radical (unpaired) electrons. The summed E-state index contributed by atoms with van der Waals surface area (Å²) in [5.41, 5.74) is 0. The third-order valence-corrected chi connectivity index (χ3v) is 3.48. The SMILES string of the molecule is S=c1[nH]nc(-c2cccs2)n1Cc1ccno1. The van der Waals surface area contributed by atoms with Crippen molar-refractivity contribution in [3.05, 3.63) is 40.3 Å². The third-order valence-electron chi connectivity index (χ3n) is 2.31. The average Bonchev–Trinajstić information content (AvgIpc) is 3.03. The van der Waals surface area contributed by atoms with Crippen molar-refractivity contribution in [2.24, 2.45) is 0 Å². The van der Waals surface area contributed by atoms with Crippen LogP contribution < -0.4 is 0 Å². The molecule has 0 atom stereocenters. The monoisotopic (exact) mass is 264 g/mol. The largest absolute Gasteiger partial charge is 0.359 e. The minimum absolute atomic E-state index is 0.530. The summed E-state index contributed by atoms with van der Waals surface area (Å²) in [6, 6.07) is 5.80. The Kier molecular flexibility index (Phi) is 2.62. The molecule has 3 aromatic rings. The Bertz CT molecular complexity index is 651. The van der Waals surface area contributed by atoms with Gasteiger partial charge in [-0.25, -0.2) is 0 Å². The van der Waals surface area contributed by atoms with Gasteiger partial charge in [0.15, 0.2) is 16.4 Å². The molecule has 0 amide bonds. The molecule has 0 aliphatic rings. The molecule has 3 heterocycles. The number of rotatable bonds is 3. The highest BCUT2D eigenvalue weighted by Gasteiger charge is 2.11. The summed E-state index contributed by atoms with van der Waals surface area (Å²) in [6.07, 6.45) is 1.61. The molecule has 5 nitrogen and oxygen atoms in total. The van der Waals surface area contributed by atoms with Crippen molar-refractivity contribution in [1.29, 1.82) is 0 Å². The number of hydrogen-bond acceptors (Lipinski definition) is 5. The number of nitrogens with one attached hydrogen (secondary N) is 1. The van der Waals surface area contributed by atoms with Crippen LogP contribution >= 0.6 is 23.6 Å².